The summed E-state index contributed by atoms with van der Waals surface area (Å²) in [6.45, 7) is 5.50. The molecular weight excluding hydrogens is 246 g/mol. The van der Waals surface area contributed by atoms with Gasteiger partial charge in [-0.3, -0.25) is 4.90 Å². The number of nitrogens with zero attached hydrogens (tertiary/aromatic N) is 1. The van der Waals surface area contributed by atoms with Crippen LogP contribution in [0.1, 0.15) is 46.5 Å². The number of carbonyl (C=O) groups excluding carboxylic acids is 2. The van der Waals surface area contributed by atoms with Crippen LogP contribution in [0.25, 0.3) is 0 Å². The van der Waals surface area contributed by atoms with E-state index in [1.807, 2.05) is 20.8 Å². The van der Waals surface area contributed by atoms with Gasteiger partial charge in [0.15, 0.2) is 0 Å². The van der Waals surface area contributed by atoms with E-state index >= 15 is 0 Å². The second-order valence-corrected chi connectivity index (χ2v) is 6.42. The molecule has 0 aromatic rings. The van der Waals surface area contributed by atoms with Crippen molar-refractivity contribution in [2.24, 2.45) is 5.92 Å². The molecule has 19 heavy (non-hydrogen) atoms. The van der Waals surface area contributed by atoms with Crippen LogP contribution in [0, 0.1) is 5.92 Å². The van der Waals surface area contributed by atoms with Crippen molar-refractivity contribution in [2.75, 3.05) is 7.11 Å². The molecule has 2 fully saturated rings. The zero-order valence-electron chi connectivity index (χ0n) is 12.1. The van der Waals surface area contributed by atoms with Gasteiger partial charge in [-0.1, -0.05) is 6.42 Å². The Bertz CT molecular complexity index is 374. The highest BCUT2D eigenvalue weighted by molar-refractivity contribution is 5.82. The molecule has 5 heteroatoms. The Kier molecular flexibility index (Phi) is 3.74. The summed E-state index contributed by atoms with van der Waals surface area (Å²) >= 11 is 0. The third-order valence-electron chi connectivity index (χ3n) is 3.92. The summed E-state index contributed by atoms with van der Waals surface area (Å²) in [5, 5.41) is 0. The quantitative estimate of drug-likeness (QED) is 0.686. The van der Waals surface area contributed by atoms with E-state index in [1.54, 1.807) is 4.90 Å². The van der Waals surface area contributed by atoms with Gasteiger partial charge in [-0.05, 0) is 46.0 Å². The fourth-order valence-electron chi connectivity index (χ4n) is 3.21. The number of rotatable bonds is 1. The first-order valence-electron chi connectivity index (χ1n) is 6.92. The fourth-order valence-corrected chi connectivity index (χ4v) is 3.21. The molecule has 0 aromatic heterocycles. The molecule has 5 nitrogen and oxygen atoms in total. The topological polar surface area (TPSA) is 55.8 Å². The van der Waals surface area contributed by atoms with Gasteiger partial charge in [0.2, 0.25) is 0 Å². The summed E-state index contributed by atoms with van der Waals surface area (Å²) in [5.41, 5.74) is -0.547. The second-order valence-electron chi connectivity index (χ2n) is 6.42. The third kappa shape index (κ3) is 2.85. The number of esters is 1. The molecule has 3 atom stereocenters. The van der Waals surface area contributed by atoms with Gasteiger partial charge in [0, 0.05) is 6.04 Å². The minimum atomic E-state index is -0.547. The van der Waals surface area contributed by atoms with Crippen LogP contribution in [0.5, 0.6) is 0 Å². The van der Waals surface area contributed by atoms with E-state index in [4.69, 9.17) is 9.47 Å². The molecule has 1 amide bonds. The molecule has 1 saturated carbocycles. The highest BCUT2D eigenvalue weighted by atomic mass is 16.6. The van der Waals surface area contributed by atoms with Crippen molar-refractivity contribution in [1.82, 2.24) is 4.90 Å². The predicted molar refractivity (Wildman–Crippen MR) is 69.6 cm³/mol. The van der Waals surface area contributed by atoms with Gasteiger partial charge in [-0.25, -0.2) is 9.59 Å². The molecular formula is C14H23NO4. The molecule has 0 aromatic carbocycles. The van der Waals surface area contributed by atoms with E-state index in [-0.39, 0.29) is 12.0 Å². The first-order valence-corrected chi connectivity index (χ1v) is 6.92. The SMILES string of the molecule is COC(=O)[C@H]1C[C@H]2CCC[C@H]2N1C(=O)OC(C)(C)C. The number of methoxy groups -OCH3 is 1. The maximum atomic E-state index is 12.3. The number of fused-ring (bicyclic) bond motifs is 1. The van der Waals surface area contributed by atoms with Gasteiger partial charge < -0.3 is 9.47 Å². The van der Waals surface area contributed by atoms with Gasteiger partial charge >= 0.3 is 12.1 Å². The Morgan fingerprint density at radius 3 is 2.47 bits per heavy atom. The number of hydrogen-bond acceptors (Lipinski definition) is 4. The lowest BCUT2D eigenvalue weighted by molar-refractivity contribution is -0.146. The van der Waals surface area contributed by atoms with Crippen molar-refractivity contribution >= 4 is 12.1 Å². The van der Waals surface area contributed by atoms with E-state index in [2.05, 4.69) is 0 Å². The second kappa shape index (κ2) is 5.02. The van der Waals surface area contributed by atoms with Crippen molar-refractivity contribution in [3.8, 4) is 0 Å². The normalized spacial score (nSPS) is 30.1. The Labute approximate surface area is 114 Å². The number of ether oxygens (including phenoxy) is 2. The minimum Gasteiger partial charge on any atom is -0.467 e. The lowest BCUT2D eigenvalue weighted by Crippen LogP contribution is -2.47. The van der Waals surface area contributed by atoms with Gasteiger partial charge in [-0.15, -0.1) is 0 Å². The lowest BCUT2D eigenvalue weighted by Gasteiger charge is -2.31. The van der Waals surface area contributed by atoms with Crippen molar-refractivity contribution < 1.29 is 19.1 Å². The molecule has 2 rings (SSSR count). The van der Waals surface area contributed by atoms with E-state index in [9.17, 15) is 9.59 Å². The molecule has 0 N–H and O–H groups in total. The first kappa shape index (κ1) is 14.2. The van der Waals surface area contributed by atoms with Crippen molar-refractivity contribution in [3.63, 3.8) is 0 Å². The van der Waals surface area contributed by atoms with Crippen molar-refractivity contribution in [3.05, 3.63) is 0 Å². The van der Waals surface area contributed by atoms with Crippen molar-refractivity contribution in [1.29, 1.82) is 0 Å². The summed E-state index contributed by atoms with van der Waals surface area (Å²) in [4.78, 5) is 25.8. The summed E-state index contributed by atoms with van der Waals surface area (Å²) in [7, 11) is 1.36. The maximum absolute atomic E-state index is 12.3. The zero-order chi connectivity index (χ0) is 14.2. The van der Waals surface area contributed by atoms with Crippen LogP contribution in [0.15, 0.2) is 0 Å². The Morgan fingerprint density at radius 2 is 1.89 bits per heavy atom. The van der Waals surface area contributed by atoms with Crippen molar-refractivity contribution in [2.45, 2.75) is 64.1 Å². The Balaban J connectivity index is 2.17. The summed E-state index contributed by atoms with van der Waals surface area (Å²) in [6.07, 6.45) is 3.46. The van der Waals surface area contributed by atoms with Crippen LogP contribution < -0.4 is 0 Å². The van der Waals surface area contributed by atoms with Gasteiger partial charge in [0.1, 0.15) is 11.6 Å². The molecule has 1 aliphatic heterocycles. The summed E-state index contributed by atoms with van der Waals surface area (Å²) in [6, 6.07) is -0.339. The van der Waals surface area contributed by atoms with Crippen LogP contribution in [0.2, 0.25) is 0 Å². The van der Waals surface area contributed by atoms with E-state index < -0.39 is 17.7 Å². The number of likely N-dealkylation sites (tertiary alicyclic amines) is 1. The van der Waals surface area contributed by atoms with Crippen LogP contribution >= 0.6 is 0 Å². The molecule has 1 saturated heterocycles. The highest BCUT2D eigenvalue weighted by Crippen LogP contribution is 2.42. The molecule has 2 aliphatic rings. The molecule has 0 spiro atoms. The largest absolute Gasteiger partial charge is 0.467 e. The van der Waals surface area contributed by atoms with Crippen LogP contribution in [-0.2, 0) is 14.3 Å². The molecule has 0 radical (unpaired) electrons. The Hall–Kier alpha value is -1.26. The molecule has 1 heterocycles. The number of amides is 1. The van der Waals surface area contributed by atoms with E-state index in [0.29, 0.717) is 12.3 Å². The van der Waals surface area contributed by atoms with Gasteiger partial charge in [0.05, 0.1) is 7.11 Å². The highest BCUT2D eigenvalue weighted by Gasteiger charge is 2.50. The molecule has 0 bridgehead atoms. The van der Waals surface area contributed by atoms with Crippen LogP contribution in [0.3, 0.4) is 0 Å². The maximum Gasteiger partial charge on any atom is 0.411 e. The standard InChI is InChI=1S/C14H23NO4/c1-14(2,3)19-13(17)15-10-7-5-6-9(10)8-11(15)12(16)18-4/h9-11H,5-8H2,1-4H3/t9-,10-,11-/m1/s1. The summed E-state index contributed by atoms with van der Waals surface area (Å²) in [5.74, 6) is 0.0804. The lowest BCUT2D eigenvalue weighted by atomic mass is 10.0. The first-order chi connectivity index (χ1) is 8.83. The predicted octanol–water partition coefficient (Wildman–Crippen LogP) is 2.34. The fraction of sp³-hybridized carbons (Fsp3) is 0.857. The molecule has 108 valence electrons. The van der Waals surface area contributed by atoms with E-state index in [1.165, 1.54) is 7.11 Å². The van der Waals surface area contributed by atoms with E-state index in [0.717, 1.165) is 19.3 Å². The average molecular weight is 269 g/mol. The Morgan fingerprint density at radius 1 is 1.21 bits per heavy atom. The summed E-state index contributed by atoms with van der Waals surface area (Å²) < 4.78 is 10.3. The monoisotopic (exact) mass is 269 g/mol. The third-order valence-corrected chi connectivity index (χ3v) is 3.92. The molecule has 1 aliphatic carbocycles. The minimum absolute atomic E-state index is 0.138. The van der Waals surface area contributed by atoms with Gasteiger partial charge in [-0.2, -0.15) is 0 Å². The molecule has 0 unspecified atom stereocenters. The zero-order valence-corrected chi connectivity index (χ0v) is 12.1. The average Bonchev–Trinajstić information content (AvgIpc) is 2.84. The smallest absolute Gasteiger partial charge is 0.411 e. The number of hydrogen-bond donors (Lipinski definition) is 0. The number of carbonyl (C=O) groups is 2. The van der Waals surface area contributed by atoms with Gasteiger partial charge in [0.25, 0.3) is 0 Å². The van der Waals surface area contributed by atoms with Crippen LogP contribution in [0.4, 0.5) is 4.79 Å². The van der Waals surface area contributed by atoms with Crippen LogP contribution in [-0.4, -0.2) is 41.8 Å².